The first-order valence-corrected chi connectivity index (χ1v) is 7.39. The number of hydrogen-bond acceptors (Lipinski definition) is 3. The Kier molecular flexibility index (Phi) is 8.47. The second-order valence-electron chi connectivity index (χ2n) is 4.81. The van der Waals surface area contributed by atoms with Crippen molar-refractivity contribution in [2.75, 3.05) is 32.1 Å². The van der Waals surface area contributed by atoms with E-state index in [0.29, 0.717) is 5.56 Å². The Hall–Kier alpha value is -1.55. The molecule has 4 nitrogen and oxygen atoms in total. The van der Waals surface area contributed by atoms with Gasteiger partial charge in [-0.15, -0.1) is 0 Å². The molecule has 1 aromatic carbocycles. The molecule has 0 unspecified atom stereocenters. The molecule has 0 aliphatic rings. The topological polar surface area (TPSA) is 50.4 Å². The van der Waals surface area contributed by atoms with Crippen molar-refractivity contribution < 1.29 is 9.53 Å². The number of hydrogen-bond donors (Lipinski definition) is 2. The summed E-state index contributed by atoms with van der Waals surface area (Å²) in [7, 11) is 1.71. The van der Waals surface area contributed by atoms with Gasteiger partial charge in [0, 0.05) is 38.1 Å². The van der Waals surface area contributed by atoms with Crippen LogP contribution >= 0.6 is 0 Å². The quantitative estimate of drug-likeness (QED) is 0.647. The van der Waals surface area contributed by atoms with Crippen LogP contribution in [0, 0.1) is 0 Å². The van der Waals surface area contributed by atoms with Crippen LogP contribution in [0.4, 0.5) is 5.69 Å². The Morgan fingerprint density at radius 2 is 1.85 bits per heavy atom. The minimum Gasteiger partial charge on any atom is -0.385 e. The molecule has 0 heterocycles. The summed E-state index contributed by atoms with van der Waals surface area (Å²) in [6.45, 7) is 4.59. The van der Waals surface area contributed by atoms with Crippen LogP contribution in [0.15, 0.2) is 24.3 Å². The summed E-state index contributed by atoms with van der Waals surface area (Å²) in [6.07, 6.45) is 4.20. The summed E-state index contributed by atoms with van der Waals surface area (Å²) in [6, 6.07) is 7.61. The molecule has 0 aromatic heterocycles. The van der Waals surface area contributed by atoms with Gasteiger partial charge in [-0.25, -0.2) is 0 Å². The maximum absolute atomic E-state index is 11.9. The molecule has 0 radical (unpaired) electrons. The van der Waals surface area contributed by atoms with Crippen molar-refractivity contribution in [3.63, 3.8) is 0 Å². The van der Waals surface area contributed by atoms with Gasteiger partial charge in [-0.05, 0) is 49.9 Å². The fraction of sp³-hybridized carbons (Fsp3) is 0.562. The highest BCUT2D eigenvalue weighted by Gasteiger charge is 2.04. The fourth-order valence-electron chi connectivity index (χ4n) is 1.86. The third-order valence-corrected chi connectivity index (χ3v) is 3.04. The smallest absolute Gasteiger partial charge is 0.251 e. The highest BCUT2D eigenvalue weighted by molar-refractivity contribution is 5.94. The van der Waals surface area contributed by atoms with Crippen molar-refractivity contribution >= 4 is 11.6 Å². The van der Waals surface area contributed by atoms with Gasteiger partial charge < -0.3 is 15.4 Å². The van der Waals surface area contributed by atoms with Crippen LogP contribution in [-0.4, -0.2) is 32.7 Å². The summed E-state index contributed by atoms with van der Waals surface area (Å²) in [5.41, 5.74) is 1.77. The molecule has 20 heavy (non-hydrogen) atoms. The number of rotatable bonds is 10. The van der Waals surface area contributed by atoms with Gasteiger partial charge in [-0.2, -0.15) is 0 Å². The lowest BCUT2D eigenvalue weighted by molar-refractivity contribution is 0.0952. The van der Waals surface area contributed by atoms with Gasteiger partial charge in [0.2, 0.25) is 0 Å². The molecule has 1 amide bonds. The normalized spacial score (nSPS) is 10.3. The molecule has 0 saturated carbocycles. The largest absolute Gasteiger partial charge is 0.385 e. The Balaban J connectivity index is 2.25. The molecule has 112 valence electrons. The van der Waals surface area contributed by atoms with Crippen LogP contribution in [0.3, 0.4) is 0 Å². The number of ether oxygens (including phenoxy) is 1. The maximum atomic E-state index is 11.9. The lowest BCUT2D eigenvalue weighted by Gasteiger charge is -2.07. The summed E-state index contributed by atoms with van der Waals surface area (Å²) >= 11 is 0. The number of amides is 1. The SMILES string of the molecule is CCCNc1ccc(C(=O)NCCCCCOC)cc1. The van der Waals surface area contributed by atoms with Gasteiger partial charge in [0.05, 0.1) is 0 Å². The van der Waals surface area contributed by atoms with Gasteiger partial charge in [-0.1, -0.05) is 6.92 Å². The van der Waals surface area contributed by atoms with Crippen LogP contribution < -0.4 is 10.6 Å². The zero-order chi connectivity index (χ0) is 14.6. The second-order valence-corrected chi connectivity index (χ2v) is 4.81. The van der Waals surface area contributed by atoms with Crippen LogP contribution in [0.1, 0.15) is 43.0 Å². The van der Waals surface area contributed by atoms with Gasteiger partial charge in [0.25, 0.3) is 5.91 Å². The predicted molar refractivity (Wildman–Crippen MR) is 83.3 cm³/mol. The average molecular weight is 278 g/mol. The lowest BCUT2D eigenvalue weighted by Crippen LogP contribution is -2.24. The second kappa shape index (κ2) is 10.3. The monoisotopic (exact) mass is 278 g/mol. The van der Waals surface area contributed by atoms with Crippen LogP contribution in [0.25, 0.3) is 0 Å². The van der Waals surface area contributed by atoms with E-state index in [4.69, 9.17) is 4.74 Å². The fourth-order valence-corrected chi connectivity index (χ4v) is 1.86. The molecule has 0 bridgehead atoms. The summed E-state index contributed by atoms with van der Waals surface area (Å²) in [5, 5.41) is 6.23. The molecular formula is C16H26N2O2. The number of anilines is 1. The van der Waals surface area contributed by atoms with Crippen molar-refractivity contribution in [1.29, 1.82) is 0 Å². The molecule has 1 aromatic rings. The minimum absolute atomic E-state index is 0.00113. The van der Waals surface area contributed by atoms with E-state index in [1.165, 1.54) is 0 Å². The average Bonchev–Trinajstić information content (AvgIpc) is 2.49. The molecule has 4 heteroatoms. The van der Waals surface area contributed by atoms with E-state index in [0.717, 1.165) is 51.1 Å². The maximum Gasteiger partial charge on any atom is 0.251 e. The summed E-state index contributed by atoms with van der Waals surface area (Å²) in [4.78, 5) is 11.9. The lowest BCUT2D eigenvalue weighted by atomic mass is 10.2. The Morgan fingerprint density at radius 3 is 2.50 bits per heavy atom. The highest BCUT2D eigenvalue weighted by Crippen LogP contribution is 2.09. The third kappa shape index (κ3) is 6.57. The molecule has 0 fully saturated rings. The minimum atomic E-state index is -0.00113. The standard InChI is InChI=1S/C16H26N2O2/c1-3-11-17-15-9-7-14(8-10-15)16(19)18-12-5-4-6-13-20-2/h7-10,17H,3-6,11-13H2,1-2H3,(H,18,19). The van der Waals surface area contributed by atoms with Crippen molar-refractivity contribution in [3.05, 3.63) is 29.8 Å². The van der Waals surface area contributed by atoms with Crippen molar-refractivity contribution in [3.8, 4) is 0 Å². The molecule has 0 atom stereocenters. The molecular weight excluding hydrogens is 252 g/mol. The first kappa shape index (κ1) is 16.5. The molecule has 0 aliphatic carbocycles. The molecule has 0 saturated heterocycles. The number of nitrogens with one attached hydrogen (secondary N) is 2. The number of methoxy groups -OCH3 is 1. The number of carbonyl (C=O) groups is 1. The predicted octanol–water partition coefficient (Wildman–Crippen LogP) is 3.06. The zero-order valence-corrected chi connectivity index (χ0v) is 12.6. The number of benzene rings is 1. The van der Waals surface area contributed by atoms with Crippen molar-refractivity contribution in [2.24, 2.45) is 0 Å². The molecule has 1 rings (SSSR count). The van der Waals surface area contributed by atoms with Crippen LogP contribution in [-0.2, 0) is 4.74 Å². The van der Waals surface area contributed by atoms with Gasteiger partial charge in [-0.3, -0.25) is 4.79 Å². The van der Waals surface area contributed by atoms with Gasteiger partial charge >= 0.3 is 0 Å². The van der Waals surface area contributed by atoms with E-state index in [1.54, 1.807) is 7.11 Å². The highest BCUT2D eigenvalue weighted by atomic mass is 16.5. The first-order chi connectivity index (χ1) is 9.77. The van der Waals surface area contributed by atoms with Crippen LogP contribution in [0.5, 0.6) is 0 Å². The van der Waals surface area contributed by atoms with Gasteiger partial charge in [0.15, 0.2) is 0 Å². The van der Waals surface area contributed by atoms with Crippen LogP contribution in [0.2, 0.25) is 0 Å². The molecule has 0 spiro atoms. The number of carbonyl (C=O) groups excluding carboxylic acids is 1. The number of unbranched alkanes of at least 4 members (excludes halogenated alkanes) is 2. The third-order valence-electron chi connectivity index (χ3n) is 3.04. The van der Waals surface area contributed by atoms with E-state index < -0.39 is 0 Å². The van der Waals surface area contributed by atoms with E-state index in [9.17, 15) is 4.79 Å². The Bertz CT molecular complexity index is 377. The summed E-state index contributed by atoms with van der Waals surface area (Å²) < 4.78 is 4.98. The first-order valence-electron chi connectivity index (χ1n) is 7.39. The van der Waals surface area contributed by atoms with Crippen molar-refractivity contribution in [1.82, 2.24) is 5.32 Å². The van der Waals surface area contributed by atoms with E-state index in [-0.39, 0.29) is 5.91 Å². The Morgan fingerprint density at radius 1 is 1.10 bits per heavy atom. The van der Waals surface area contributed by atoms with E-state index >= 15 is 0 Å². The molecule has 2 N–H and O–H groups in total. The summed E-state index contributed by atoms with van der Waals surface area (Å²) in [5.74, 6) is -0.00113. The van der Waals surface area contributed by atoms with Crippen molar-refractivity contribution in [2.45, 2.75) is 32.6 Å². The van der Waals surface area contributed by atoms with E-state index in [2.05, 4.69) is 17.6 Å². The van der Waals surface area contributed by atoms with Gasteiger partial charge in [0.1, 0.15) is 0 Å². The van der Waals surface area contributed by atoms with E-state index in [1.807, 2.05) is 24.3 Å². The zero-order valence-electron chi connectivity index (χ0n) is 12.6. The Labute approximate surface area is 121 Å². The molecule has 0 aliphatic heterocycles.